The molecule has 29 saturated carbocycles. The number of hydrogen-bond acceptors (Lipinski definition) is 19. The first kappa shape index (κ1) is 110. The Kier molecular flexibility index (Phi) is 26.6. The van der Waals surface area contributed by atoms with Crippen molar-refractivity contribution in [1.29, 1.82) is 0 Å². The minimum atomic E-state index is -0.960. The monoisotopic (exact) mass is 2410 g/mol. The second-order valence-electron chi connectivity index (χ2n) is 58.8. The van der Waals surface area contributed by atoms with Gasteiger partial charge >= 0.3 is 76.8 Å². The van der Waals surface area contributed by atoms with E-state index in [1.165, 1.54) is 44.1 Å². The molecule has 20 unspecified atom stereocenters. The van der Waals surface area contributed by atoms with Crippen molar-refractivity contribution in [1.82, 2.24) is 0 Å². The minimum absolute atomic E-state index is 0. The summed E-state index contributed by atoms with van der Waals surface area (Å²) in [5.41, 5.74) is -3.22. The molecule has 19 nitrogen and oxygen atoms in total. The molecule has 12 N–H and O–H groups in total. The first-order valence-electron chi connectivity index (χ1n) is 58.2. The average Bonchev–Trinajstić information content (AvgIpc) is 1.49. The Bertz CT molecular complexity index is 5440. The summed E-state index contributed by atoms with van der Waals surface area (Å²) in [5, 5.41) is 128. The van der Waals surface area contributed by atoms with Gasteiger partial charge in [-0.3, -0.25) is 24.0 Å². The summed E-state index contributed by atoms with van der Waals surface area (Å²) in [7, 11) is 0. The van der Waals surface area contributed by atoms with Crippen LogP contribution >= 0.6 is 59.9 Å². The quantitative estimate of drug-likeness (QED) is 0.0709. The number of esters is 2. The Labute approximate surface area is 916 Å². The molecule has 820 valence electrons. The number of Topliss-reactive ketones (excluding diaryl/α,β-unsaturated/α-hetero) is 2. The molecule has 0 radical (unpaired) electrons. The third-order valence-corrected chi connectivity index (χ3v) is 55.1. The van der Waals surface area contributed by atoms with Crippen molar-refractivity contribution in [2.75, 3.05) is 19.8 Å². The fourth-order valence-electron chi connectivity index (χ4n) is 48.6. The first-order chi connectivity index (χ1) is 67.5. The molecule has 31 fully saturated rings. The maximum atomic E-state index is 12.9. The fraction of sp³-hybridized carbons (Fsp3) is 0.911. The van der Waals surface area contributed by atoms with Gasteiger partial charge in [-0.2, -0.15) is 0 Å². The molecule has 32 rings (SSSR count). The van der Waals surface area contributed by atoms with E-state index in [4.69, 9.17) is 14.6 Å². The van der Waals surface area contributed by atoms with Gasteiger partial charge in [0.15, 0.2) is 5.78 Å². The molecule has 30 aliphatic carbocycles. The van der Waals surface area contributed by atoms with Gasteiger partial charge < -0.3 is 70.8 Å². The molecule has 2 saturated heterocycles. The van der Waals surface area contributed by atoms with Crippen LogP contribution in [-0.4, -0.2) is 174 Å². The number of carbonyl (C=O) groups excluding carboxylic acids is 5. The summed E-state index contributed by atoms with van der Waals surface area (Å²) in [6, 6.07) is 0. The molecule has 0 aromatic carbocycles. The number of rotatable bonds is 3. The summed E-state index contributed by atoms with van der Waals surface area (Å²) in [4.78, 5) is 61.3. The predicted octanol–water partition coefficient (Wildman–Crippen LogP) is 20.1. The normalized spacial score (nSPS) is 60.7. The summed E-state index contributed by atoms with van der Waals surface area (Å²) in [6.07, 6.45) is 43.6. The van der Waals surface area contributed by atoms with Crippen LogP contribution in [0.15, 0.2) is 11.6 Å². The number of fused-ring (bicyclic) bond motifs is 54. The number of terminal acetylenes is 1. The van der Waals surface area contributed by atoms with Crippen molar-refractivity contribution < 1.29 is 99.6 Å². The molecular weight excluding hydrogens is 2230 g/mol. The molecular formula is C124H184I3O19V. The summed E-state index contributed by atoms with van der Waals surface area (Å²) in [5.74, 6) is 29.4. The SMILES string of the molecule is C.C.C.C.C#CCO.C[C@]12CCC(=O)C=C1C1C[C@@H]1C1[C@@H]3C4CC4[C@@]4(CCC(=O)O4)[C@@]3(C)CC[C@@H]12.C[C@]12CC[C@H]3C([C@H]4CC4[C@]4(O)CC(=O)CC[C@]34C)[C@@H]1C1CC1[C@@]21CCC(=O)O1.C[C@]12CC[C@H]3C([C@H]4CC4[C@]4(O)C[C@@H](O)CC[C@]34C)[C@@H]1C1CC1C2=O.C[C@]12CC[C@H]3C([C@H]4CC4[C@]4(O)C[C@@H](O)CC[C@]34C)[C@@H]1C1CC1[C@@]2(O)C#CCO.C[C@]12CC[C@H]3C([C@H]4CC4[C@]4(O)C[C@@H](O)CC[C@]34C)[C@@H]1C1CC1[C@@]2(O)CCCO.[I][V]([I])[I]. The molecule has 2 heterocycles. The van der Waals surface area contributed by atoms with Crippen LogP contribution in [0.3, 0.4) is 0 Å². The van der Waals surface area contributed by atoms with Crippen LogP contribution < -0.4 is 0 Å². The van der Waals surface area contributed by atoms with E-state index in [0.717, 1.165) is 202 Å². The van der Waals surface area contributed by atoms with Crippen LogP contribution in [0.4, 0.5) is 0 Å². The van der Waals surface area contributed by atoms with E-state index in [9.17, 15) is 80.1 Å². The summed E-state index contributed by atoms with van der Waals surface area (Å²) in [6.45, 7) is 23.5. The van der Waals surface area contributed by atoms with E-state index in [2.05, 4.69) is 154 Å². The number of aliphatic hydroxyl groups excluding tert-OH is 6. The number of hydrogen-bond donors (Lipinski definition) is 12. The van der Waals surface area contributed by atoms with Gasteiger partial charge in [-0.15, -0.1) is 6.42 Å². The van der Waals surface area contributed by atoms with Crippen molar-refractivity contribution in [2.24, 2.45) is 261 Å². The van der Waals surface area contributed by atoms with E-state index in [1.54, 1.807) is 0 Å². The molecule has 0 aromatic heterocycles. The molecule has 0 bridgehead atoms. The van der Waals surface area contributed by atoms with Crippen molar-refractivity contribution in [3.8, 4) is 24.2 Å². The van der Waals surface area contributed by atoms with Crippen LogP contribution in [0.1, 0.15) is 356 Å². The number of halogens is 3. The summed E-state index contributed by atoms with van der Waals surface area (Å²) >= 11 is 7.39. The standard InChI is InChI=1S/C24H32O4.C24H38O4.C24H34O4.C24H30O3.C21H30O3.C3H4O.4CH4.3HI.V/c1-21-6-3-12(25)11-23(21,27)16-9-13(16)19-15(21)4-7-22(2)20(19)14-10-17(14)24(22)8-5-18(26)28-24;2*1-21-7-4-13(26)12-24(21,28)17-10-14(17)19-16(21)5-8-22(2)20(19)15-11-18(15)23(22,27)6-3-9-25;1-22-6-3-12(25)9-17(22)13-10-14(13)20-16(22)4-7-23(2)21(20)15-11-18(15)24(23)8-5-19(26)27-24;1-19-5-4-14-16(17(19)11-7-12(11)18(19)23)13-8-15(13)21(24)9-10(22)3-6-20(14,21)2;1-2-3-4;;;;;;;;/h13-17,19-20,27H,3-11H2,1-2H3;13-20,25-28H,3-12H2,1-2H3;13-20,25-28H,4-5,7-12H2,1-2H3;9,13-16,18,20-21H,3-8,10-11H2,1-2H3;10-17,22,24H,3-9H2,1-2H3;1,4H,3H2;4*1H4;3*1H;/q;;;;;;;;;;;;;+3/p-3/t13-,14?,15-,16?,17?,19?,20-,21+,22-,23+,24-;2*13-,14-,15?,16-,17?,18?,19?,20-,21+,22-,23-,24+;13?,14-,15?,16-,18?,20?,21-,22+,23-,24-;10-,11?,12?,13-,14-,15?,16?,17-,19-,20+,21+;;;;;;;;;/m00000........./s1. The molecule has 56 atom stereocenters. The number of carbonyl (C=O) groups is 5. The zero-order valence-electron chi connectivity index (χ0n) is 86.8. The van der Waals surface area contributed by atoms with Gasteiger partial charge in [0, 0.05) is 109 Å². The van der Waals surface area contributed by atoms with Gasteiger partial charge in [0.05, 0.1) is 46.3 Å². The van der Waals surface area contributed by atoms with Gasteiger partial charge in [0.2, 0.25) is 0 Å². The van der Waals surface area contributed by atoms with Crippen molar-refractivity contribution in [2.45, 2.75) is 419 Å². The van der Waals surface area contributed by atoms with E-state index in [-0.39, 0.29) is 162 Å². The van der Waals surface area contributed by atoms with E-state index in [0.29, 0.717) is 229 Å². The van der Waals surface area contributed by atoms with Crippen LogP contribution in [0, 0.1) is 285 Å². The molecule has 147 heavy (non-hydrogen) atoms. The Morgan fingerprint density at radius 1 is 0.374 bits per heavy atom. The van der Waals surface area contributed by atoms with Crippen LogP contribution in [0.25, 0.3) is 0 Å². The zero-order chi connectivity index (χ0) is 101. The molecule has 32 aliphatic rings. The van der Waals surface area contributed by atoms with Crippen molar-refractivity contribution in [3.05, 3.63) is 11.6 Å². The fourth-order valence-corrected chi connectivity index (χ4v) is 48.6. The Balaban J connectivity index is 0.000000102. The van der Waals surface area contributed by atoms with Crippen LogP contribution in [-0.2, 0) is 38.4 Å². The van der Waals surface area contributed by atoms with Gasteiger partial charge in [0.25, 0.3) is 0 Å². The predicted molar refractivity (Wildman–Crippen MR) is 583 cm³/mol. The summed E-state index contributed by atoms with van der Waals surface area (Å²) < 4.78 is 12.4. The van der Waals surface area contributed by atoms with Gasteiger partial charge in [-0.1, -0.05) is 122 Å². The van der Waals surface area contributed by atoms with Gasteiger partial charge in [-0.05, 0) is 422 Å². The van der Waals surface area contributed by atoms with E-state index in [1.807, 2.05) is 5.92 Å². The molecule has 0 aromatic rings. The topological polar surface area (TPSA) is 347 Å². The molecule has 0 amide bonds. The molecule has 2 spiro atoms. The Morgan fingerprint density at radius 2 is 0.748 bits per heavy atom. The van der Waals surface area contributed by atoms with Crippen molar-refractivity contribution >= 4 is 89.2 Å². The third-order valence-electron chi connectivity index (χ3n) is 55.1. The number of allylic oxidation sites excluding steroid dienone is 1. The average molecular weight is 2410 g/mol. The maximum absolute atomic E-state index is 12.9. The van der Waals surface area contributed by atoms with E-state index < -0.39 is 33.6 Å². The van der Waals surface area contributed by atoms with Gasteiger partial charge in [-0.25, -0.2) is 0 Å². The second kappa shape index (κ2) is 35.6. The van der Waals surface area contributed by atoms with Crippen molar-refractivity contribution in [3.63, 3.8) is 0 Å². The number of aliphatic hydroxyl groups is 12. The second-order valence-corrected chi connectivity index (χ2v) is 94.1. The van der Waals surface area contributed by atoms with E-state index >= 15 is 0 Å². The molecule has 23 heteroatoms. The van der Waals surface area contributed by atoms with Crippen LogP contribution in [0.5, 0.6) is 0 Å². The third kappa shape index (κ3) is 14.3. The Morgan fingerprint density at radius 3 is 1.20 bits per heavy atom. The number of ketones is 3. The molecule has 2 aliphatic heterocycles. The first-order valence-corrected chi connectivity index (χ1v) is 71.7. The zero-order valence-corrected chi connectivity index (χ0v) is 94.7. The number of ether oxygens (including phenoxy) is 2. The van der Waals surface area contributed by atoms with Gasteiger partial charge in [0.1, 0.15) is 41.6 Å². The van der Waals surface area contributed by atoms with Crippen LogP contribution in [0.2, 0.25) is 0 Å². The Hall–Kier alpha value is -0.896.